The SMILES string of the molecule is COc1ccc(/C=C(/C#N)C(=O)Nc2ccc(Br)cc2)c(C)c1. The third-order valence-corrected chi connectivity index (χ3v) is 3.77. The summed E-state index contributed by atoms with van der Waals surface area (Å²) >= 11 is 3.33. The smallest absolute Gasteiger partial charge is 0.266 e. The lowest BCUT2D eigenvalue weighted by Crippen LogP contribution is -2.13. The molecule has 0 radical (unpaired) electrons. The molecule has 1 N–H and O–H groups in total. The van der Waals surface area contributed by atoms with E-state index in [-0.39, 0.29) is 5.57 Å². The molecule has 0 saturated heterocycles. The lowest BCUT2D eigenvalue weighted by Gasteiger charge is -2.07. The van der Waals surface area contributed by atoms with Gasteiger partial charge in [0.15, 0.2) is 0 Å². The van der Waals surface area contributed by atoms with Crippen LogP contribution in [0.4, 0.5) is 5.69 Å². The van der Waals surface area contributed by atoms with Crippen molar-refractivity contribution in [1.29, 1.82) is 5.26 Å². The summed E-state index contributed by atoms with van der Waals surface area (Å²) in [4.78, 5) is 12.2. The van der Waals surface area contributed by atoms with Crippen molar-refractivity contribution in [2.45, 2.75) is 6.92 Å². The molecule has 0 spiro atoms. The summed E-state index contributed by atoms with van der Waals surface area (Å²) in [6.07, 6.45) is 1.57. The fourth-order valence-electron chi connectivity index (χ4n) is 1.97. The number of rotatable bonds is 4. The van der Waals surface area contributed by atoms with Crippen LogP contribution in [-0.2, 0) is 4.79 Å². The Kier molecular flexibility index (Phi) is 5.56. The van der Waals surface area contributed by atoms with Crippen LogP contribution in [0.3, 0.4) is 0 Å². The Labute approximate surface area is 143 Å². The number of halogens is 1. The molecule has 23 heavy (non-hydrogen) atoms. The van der Waals surface area contributed by atoms with Gasteiger partial charge in [-0.1, -0.05) is 22.0 Å². The summed E-state index contributed by atoms with van der Waals surface area (Å²) in [6, 6.07) is 14.6. The van der Waals surface area contributed by atoms with Crippen molar-refractivity contribution in [3.8, 4) is 11.8 Å². The highest BCUT2D eigenvalue weighted by atomic mass is 79.9. The molecule has 0 aliphatic rings. The maximum Gasteiger partial charge on any atom is 0.266 e. The molecule has 116 valence electrons. The predicted octanol–water partition coefficient (Wildman–Crippen LogP) is 4.31. The first-order chi connectivity index (χ1) is 11.0. The van der Waals surface area contributed by atoms with Crippen LogP contribution in [0.15, 0.2) is 52.5 Å². The number of nitrogens with zero attached hydrogens (tertiary/aromatic N) is 1. The normalized spacial score (nSPS) is 10.8. The van der Waals surface area contributed by atoms with Crippen LogP contribution in [0.1, 0.15) is 11.1 Å². The number of hydrogen-bond donors (Lipinski definition) is 1. The molecule has 5 heteroatoms. The zero-order chi connectivity index (χ0) is 16.8. The Morgan fingerprint density at radius 1 is 1.26 bits per heavy atom. The van der Waals surface area contributed by atoms with Crippen LogP contribution in [0.2, 0.25) is 0 Å². The van der Waals surface area contributed by atoms with E-state index in [1.807, 2.05) is 37.3 Å². The average Bonchev–Trinajstić information content (AvgIpc) is 2.55. The lowest BCUT2D eigenvalue weighted by molar-refractivity contribution is -0.112. The summed E-state index contributed by atoms with van der Waals surface area (Å²) in [6.45, 7) is 1.90. The summed E-state index contributed by atoms with van der Waals surface area (Å²) in [5, 5.41) is 12.0. The number of hydrogen-bond acceptors (Lipinski definition) is 3. The number of anilines is 1. The molecular weight excluding hydrogens is 356 g/mol. The molecule has 2 rings (SSSR count). The van der Waals surface area contributed by atoms with Gasteiger partial charge in [0.05, 0.1) is 7.11 Å². The highest BCUT2D eigenvalue weighted by Gasteiger charge is 2.10. The van der Waals surface area contributed by atoms with E-state index in [0.717, 1.165) is 21.3 Å². The van der Waals surface area contributed by atoms with Gasteiger partial charge in [-0.3, -0.25) is 4.79 Å². The Balaban J connectivity index is 2.23. The molecule has 4 nitrogen and oxygen atoms in total. The van der Waals surface area contributed by atoms with Gasteiger partial charge in [0.1, 0.15) is 17.4 Å². The van der Waals surface area contributed by atoms with E-state index in [0.29, 0.717) is 5.69 Å². The van der Waals surface area contributed by atoms with E-state index in [9.17, 15) is 10.1 Å². The molecule has 2 aromatic rings. The summed E-state index contributed by atoms with van der Waals surface area (Å²) < 4.78 is 6.07. The average molecular weight is 371 g/mol. The van der Waals surface area contributed by atoms with Crippen molar-refractivity contribution in [3.63, 3.8) is 0 Å². The molecule has 1 amide bonds. The number of ether oxygens (including phenoxy) is 1. The van der Waals surface area contributed by atoms with Gasteiger partial charge in [0.25, 0.3) is 5.91 Å². The standard InChI is InChI=1S/C18H15BrN2O2/c1-12-9-17(23-2)8-3-13(12)10-14(11-20)18(22)21-16-6-4-15(19)5-7-16/h3-10H,1-2H3,(H,21,22)/b14-10-. The van der Waals surface area contributed by atoms with Gasteiger partial charge >= 0.3 is 0 Å². The van der Waals surface area contributed by atoms with Crippen LogP contribution in [0.25, 0.3) is 6.08 Å². The molecule has 0 unspecified atom stereocenters. The molecule has 0 aliphatic heterocycles. The molecule has 0 bridgehead atoms. The molecule has 0 atom stereocenters. The van der Waals surface area contributed by atoms with Crippen molar-refractivity contribution in [1.82, 2.24) is 0 Å². The Bertz CT molecular complexity index is 790. The van der Waals surface area contributed by atoms with Gasteiger partial charge in [-0.15, -0.1) is 0 Å². The minimum absolute atomic E-state index is 0.0428. The van der Waals surface area contributed by atoms with Crippen LogP contribution in [-0.4, -0.2) is 13.0 Å². The summed E-state index contributed by atoms with van der Waals surface area (Å²) in [5.74, 6) is 0.294. The topological polar surface area (TPSA) is 62.1 Å². The summed E-state index contributed by atoms with van der Waals surface area (Å²) in [5.41, 5.74) is 2.40. The van der Waals surface area contributed by atoms with Crippen molar-refractivity contribution in [2.24, 2.45) is 0 Å². The van der Waals surface area contributed by atoms with Crippen LogP contribution < -0.4 is 10.1 Å². The zero-order valence-corrected chi connectivity index (χ0v) is 14.3. The Morgan fingerprint density at radius 2 is 1.96 bits per heavy atom. The third kappa shape index (κ3) is 4.44. The first-order valence-electron chi connectivity index (χ1n) is 6.87. The Morgan fingerprint density at radius 3 is 2.52 bits per heavy atom. The number of carbonyl (C=O) groups is 1. The number of nitriles is 1. The number of amides is 1. The first-order valence-corrected chi connectivity index (χ1v) is 7.66. The molecule has 0 aliphatic carbocycles. The number of nitrogens with one attached hydrogen (secondary N) is 1. The number of benzene rings is 2. The second-order valence-electron chi connectivity index (χ2n) is 4.85. The lowest BCUT2D eigenvalue weighted by atomic mass is 10.1. The minimum Gasteiger partial charge on any atom is -0.497 e. The zero-order valence-electron chi connectivity index (χ0n) is 12.8. The van der Waals surface area contributed by atoms with E-state index in [2.05, 4.69) is 21.2 Å². The highest BCUT2D eigenvalue weighted by molar-refractivity contribution is 9.10. The van der Waals surface area contributed by atoms with Crippen molar-refractivity contribution >= 4 is 33.6 Å². The van der Waals surface area contributed by atoms with Crippen LogP contribution >= 0.6 is 15.9 Å². The van der Waals surface area contributed by atoms with E-state index in [1.165, 1.54) is 0 Å². The van der Waals surface area contributed by atoms with Crippen molar-refractivity contribution in [3.05, 3.63) is 63.6 Å². The predicted molar refractivity (Wildman–Crippen MR) is 94.1 cm³/mol. The van der Waals surface area contributed by atoms with E-state index in [1.54, 1.807) is 31.4 Å². The van der Waals surface area contributed by atoms with E-state index in [4.69, 9.17) is 4.74 Å². The fourth-order valence-corrected chi connectivity index (χ4v) is 2.24. The maximum atomic E-state index is 12.2. The maximum absolute atomic E-state index is 12.2. The van der Waals surface area contributed by atoms with Gasteiger partial charge in [-0.25, -0.2) is 0 Å². The monoisotopic (exact) mass is 370 g/mol. The highest BCUT2D eigenvalue weighted by Crippen LogP contribution is 2.20. The molecule has 2 aromatic carbocycles. The quantitative estimate of drug-likeness (QED) is 0.644. The second kappa shape index (κ2) is 7.61. The largest absolute Gasteiger partial charge is 0.497 e. The summed E-state index contributed by atoms with van der Waals surface area (Å²) in [7, 11) is 1.59. The van der Waals surface area contributed by atoms with Crippen molar-refractivity contribution < 1.29 is 9.53 Å². The molecular formula is C18H15BrN2O2. The molecule has 0 fully saturated rings. The van der Waals surface area contributed by atoms with Crippen molar-refractivity contribution in [2.75, 3.05) is 12.4 Å². The van der Waals surface area contributed by atoms with Gasteiger partial charge in [0.2, 0.25) is 0 Å². The van der Waals surface area contributed by atoms with Gasteiger partial charge in [-0.05, 0) is 60.5 Å². The number of carbonyl (C=O) groups excluding carboxylic acids is 1. The number of aryl methyl sites for hydroxylation is 1. The third-order valence-electron chi connectivity index (χ3n) is 3.24. The van der Waals surface area contributed by atoms with Gasteiger partial charge < -0.3 is 10.1 Å². The van der Waals surface area contributed by atoms with Gasteiger partial charge in [0, 0.05) is 10.2 Å². The Hall–Kier alpha value is -2.58. The second-order valence-corrected chi connectivity index (χ2v) is 5.77. The minimum atomic E-state index is -0.440. The number of methoxy groups -OCH3 is 1. The van der Waals surface area contributed by atoms with E-state index < -0.39 is 5.91 Å². The van der Waals surface area contributed by atoms with Gasteiger partial charge in [-0.2, -0.15) is 5.26 Å². The molecule has 0 heterocycles. The van der Waals surface area contributed by atoms with E-state index >= 15 is 0 Å². The van der Waals surface area contributed by atoms with Crippen LogP contribution in [0, 0.1) is 18.3 Å². The molecule has 0 aromatic heterocycles. The van der Waals surface area contributed by atoms with Crippen LogP contribution in [0.5, 0.6) is 5.75 Å². The molecule has 0 saturated carbocycles. The first kappa shape index (κ1) is 16.8. The fraction of sp³-hybridized carbons (Fsp3) is 0.111.